The summed E-state index contributed by atoms with van der Waals surface area (Å²) in [4.78, 5) is 8.54. The Morgan fingerprint density at radius 1 is 1.40 bits per heavy atom. The second kappa shape index (κ2) is 7.40. The van der Waals surface area contributed by atoms with Crippen LogP contribution in [0.25, 0.3) is 0 Å². The Kier molecular flexibility index (Phi) is 6.16. The Hall–Kier alpha value is -1.40. The normalized spacial score (nSPS) is 13.2. The molecule has 20 heavy (non-hydrogen) atoms. The van der Waals surface area contributed by atoms with Gasteiger partial charge in [-0.1, -0.05) is 20.8 Å². The van der Waals surface area contributed by atoms with E-state index < -0.39 is 0 Å². The number of nitrogens with zero attached hydrogens (tertiary/aromatic N) is 2. The molecule has 0 saturated heterocycles. The lowest BCUT2D eigenvalue weighted by Crippen LogP contribution is -2.35. The van der Waals surface area contributed by atoms with Crippen LogP contribution in [0.2, 0.25) is 0 Å². The van der Waals surface area contributed by atoms with E-state index in [-0.39, 0.29) is 18.1 Å². The van der Waals surface area contributed by atoms with Gasteiger partial charge in [0.2, 0.25) is 0 Å². The van der Waals surface area contributed by atoms with Crippen LogP contribution >= 0.6 is 0 Å². The molecule has 6 nitrogen and oxygen atoms in total. The van der Waals surface area contributed by atoms with E-state index in [1.54, 1.807) is 6.07 Å². The summed E-state index contributed by atoms with van der Waals surface area (Å²) in [5, 5.41) is 12.5. The number of nitrogens with one attached hydrogen (secondary N) is 1. The lowest BCUT2D eigenvalue weighted by Gasteiger charge is -2.31. The van der Waals surface area contributed by atoms with E-state index in [4.69, 9.17) is 10.5 Å². The smallest absolute Gasteiger partial charge is 0.158 e. The van der Waals surface area contributed by atoms with Gasteiger partial charge in [0, 0.05) is 25.3 Å². The first-order valence-electron chi connectivity index (χ1n) is 6.95. The van der Waals surface area contributed by atoms with E-state index in [0.29, 0.717) is 37.1 Å². The zero-order chi connectivity index (χ0) is 15.2. The Morgan fingerprint density at radius 2 is 2.10 bits per heavy atom. The zero-order valence-electron chi connectivity index (χ0n) is 12.8. The molecule has 1 heterocycles. The van der Waals surface area contributed by atoms with Crippen LogP contribution in [0.15, 0.2) is 6.07 Å². The molecule has 0 aromatic carbocycles. The lowest BCUT2D eigenvalue weighted by molar-refractivity contribution is 0.128. The highest BCUT2D eigenvalue weighted by Gasteiger charge is 2.24. The predicted molar refractivity (Wildman–Crippen MR) is 80.3 cm³/mol. The van der Waals surface area contributed by atoms with Gasteiger partial charge in [-0.2, -0.15) is 0 Å². The van der Waals surface area contributed by atoms with Crippen molar-refractivity contribution in [3.63, 3.8) is 0 Å². The maximum atomic E-state index is 9.19. The summed E-state index contributed by atoms with van der Waals surface area (Å²) in [7, 11) is 0. The van der Waals surface area contributed by atoms with Crippen molar-refractivity contribution in [1.29, 1.82) is 0 Å². The molecule has 1 aromatic heterocycles. The number of nitrogens with two attached hydrogens (primary N) is 1. The summed E-state index contributed by atoms with van der Waals surface area (Å²) in [6, 6.07) is 1.80. The standard InChI is InChI=1S/C14H26N4O2/c1-5-20-9-13-17-11(15)8-12(18-13)16-10(6-7-19)14(2,3)4/h8,10,19H,5-7,9H2,1-4H3,(H3,15,16,17,18). The molecule has 1 atom stereocenters. The van der Waals surface area contributed by atoms with Gasteiger partial charge >= 0.3 is 0 Å². The molecule has 0 amide bonds. The second-order valence-corrected chi connectivity index (χ2v) is 5.81. The molecular formula is C14H26N4O2. The molecule has 0 radical (unpaired) electrons. The monoisotopic (exact) mass is 282 g/mol. The fraction of sp³-hybridized carbons (Fsp3) is 0.714. The number of ether oxygens (including phenoxy) is 1. The minimum Gasteiger partial charge on any atom is -0.396 e. The highest BCUT2D eigenvalue weighted by molar-refractivity contribution is 5.45. The third-order valence-electron chi connectivity index (χ3n) is 3.01. The van der Waals surface area contributed by atoms with Crippen LogP contribution in [0.1, 0.15) is 39.9 Å². The van der Waals surface area contributed by atoms with Gasteiger partial charge in [-0.3, -0.25) is 0 Å². The molecular weight excluding hydrogens is 256 g/mol. The first-order chi connectivity index (χ1) is 9.36. The van der Waals surface area contributed by atoms with Gasteiger partial charge in [-0.05, 0) is 18.8 Å². The Balaban J connectivity index is 2.86. The van der Waals surface area contributed by atoms with Gasteiger partial charge < -0.3 is 20.9 Å². The molecule has 1 aromatic rings. The maximum Gasteiger partial charge on any atom is 0.158 e. The van der Waals surface area contributed by atoms with Crippen LogP contribution in [0, 0.1) is 5.41 Å². The van der Waals surface area contributed by atoms with Crippen LogP contribution in [0.4, 0.5) is 11.6 Å². The van der Waals surface area contributed by atoms with Crippen molar-refractivity contribution in [2.45, 2.75) is 46.8 Å². The summed E-state index contributed by atoms with van der Waals surface area (Å²) < 4.78 is 5.30. The van der Waals surface area contributed by atoms with Crippen molar-refractivity contribution >= 4 is 11.6 Å². The first kappa shape index (κ1) is 16.7. The molecule has 0 saturated carbocycles. The minimum absolute atomic E-state index is 0.00250. The third-order valence-corrected chi connectivity index (χ3v) is 3.01. The largest absolute Gasteiger partial charge is 0.396 e. The number of aliphatic hydroxyl groups excluding tert-OH is 1. The molecule has 6 heteroatoms. The summed E-state index contributed by atoms with van der Waals surface area (Å²) in [6.45, 7) is 9.35. The minimum atomic E-state index is 0.00250. The van der Waals surface area contributed by atoms with Crippen molar-refractivity contribution in [1.82, 2.24) is 9.97 Å². The first-order valence-corrected chi connectivity index (χ1v) is 6.95. The zero-order valence-corrected chi connectivity index (χ0v) is 12.8. The average molecular weight is 282 g/mol. The van der Waals surface area contributed by atoms with E-state index in [1.807, 2.05) is 6.92 Å². The van der Waals surface area contributed by atoms with Crippen molar-refractivity contribution in [2.24, 2.45) is 5.41 Å². The lowest BCUT2D eigenvalue weighted by atomic mass is 9.85. The summed E-state index contributed by atoms with van der Waals surface area (Å²) in [6.07, 6.45) is 0.647. The molecule has 1 unspecified atom stereocenters. The van der Waals surface area contributed by atoms with E-state index in [1.165, 1.54) is 0 Å². The highest BCUT2D eigenvalue weighted by Crippen LogP contribution is 2.25. The Morgan fingerprint density at radius 3 is 2.65 bits per heavy atom. The molecule has 4 N–H and O–H groups in total. The number of rotatable bonds is 7. The number of aliphatic hydroxyl groups is 1. The summed E-state index contributed by atoms with van der Waals surface area (Å²) in [5.41, 5.74) is 5.80. The molecule has 0 bridgehead atoms. The number of hydrogen-bond acceptors (Lipinski definition) is 6. The van der Waals surface area contributed by atoms with Crippen molar-refractivity contribution in [3.05, 3.63) is 11.9 Å². The number of hydrogen-bond donors (Lipinski definition) is 3. The van der Waals surface area contributed by atoms with E-state index >= 15 is 0 Å². The van der Waals surface area contributed by atoms with Crippen LogP contribution in [-0.4, -0.2) is 34.3 Å². The van der Waals surface area contributed by atoms with Crippen LogP contribution < -0.4 is 11.1 Å². The molecule has 0 aliphatic carbocycles. The van der Waals surface area contributed by atoms with Gasteiger partial charge in [0.05, 0.1) is 0 Å². The molecule has 114 valence electrons. The van der Waals surface area contributed by atoms with Crippen molar-refractivity contribution in [3.8, 4) is 0 Å². The fourth-order valence-corrected chi connectivity index (χ4v) is 1.88. The summed E-state index contributed by atoms with van der Waals surface area (Å²) >= 11 is 0. The molecule has 0 fully saturated rings. The predicted octanol–water partition coefficient (Wildman–Crippen LogP) is 1.80. The Bertz CT molecular complexity index is 418. The number of nitrogen functional groups attached to an aromatic ring is 1. The van der Waals surface area contributed by atoms with Gasteiger partial charge in [-0.15, -0.1) is 0 Å². The number of aromatic nitrogens is 2. The van der Waals surface area contributed by atoms with Crippen LogP contribution in [-0.2, 0) is 11.3 Å². The summed E-state index contributed by atoms with van der Waals surface area (Å²) in [5.74, 6) is 1.64. The van der Waals surface area contributed by atoms with Crippen LogP contribution in [0.5, 0.6) is 0 Å². The van der Waals surface area contributed by atoms with E-state index in [9.17, 15) is 5.11 Å². The van der Waals surface area contributed by atoms with Gasteiger partial charge in [0.15, 0.2) is 5.82 Å². The quantitative estimate of drug-likeness (QED) is 0.706. The Labute approximate surface area is 120 Å². The van der Waals surface area contributed by atoms with Crippen LogP contribution in [0.3, 0.4) is 0 Å². The number of anilines is 2. The van der Waals surface area contributed by atoms with E-state index in [0.717, 1.165) is 0 Å². The maximum absolute atomic E-state index is 9.19. The third kappa shape index (κ3) is 5.30. The molecule has 1 rings (SSSR count). The topological polar surface area (TPSA) is 93.3 Å². The van der Waals surface area contributed by atoms with E-state index in [2.05, 4.69) is 36.1 Å². The molecule has 0 spiro atoms. The van der Waals surface area contributed by atoms with Gasteiger partial charge in [-0.25, -0.2) is 9.97 Å². The average Bonchev–Trinajstić information content (AvgIpc) is 2.34. The fourth-order valence-electron chi connectivity index (χ4n) is 1.88. The van der Waals surface area contributed by atoms with Gasteiger partial charge in [0.1, 0.15) is 18.2 Å². The molecule has 0 aliphatic heterocycles. The van der Waals surface area contributed by atoms with Crippen molar-refractivity contribution in [2.75, 3.05) is 24.3 Å². The molecule has 0 aliphatic rings. The highest BCUT2D eigenvalue weighted by atomic mass is 16.5. The second-order valence-electron chi connectivity index (χ2n) is 5.81. The van der Waals surface area contributed by atoms with Crippen molar-refractivity contribution < 1.29 is 9.84 Å². The SMILES string of the molecule is CCOCc1nc(N)cc(NC(CCO)C(C)(C)C)n1. The van der Waals surface area contributed by atoms with Gasteiger partial charge in [0.25, 0.3) is 0 Å².